The third-order valence-electron chi connectivity index (χ3n) is 2.67. The third-order valence-corrected chi connectivity index (χ3v) is 3.56. The second-order valence-electron chi connectivity index (χ2n) is 4.02. The molecule has 2 nitrogen and oxygen atoms in total. The summed E-state index contributed by atoms with van der Waals surface area (Å²) in [5.41, 5.74) is 8.19. The van der Waals surface area contributed by atoms with Gasteiger partial charge in [-0.1, -0.05) is 12.1 Å². The van der Waals surface area contributed by atoms with Crippen LogP contribution in [0.4, 0.5) is 10.1 Å². The summed E-state index contributed by atoms with van der Waals surface area (Å²) in [7, 11) is 0. The summed E-state index contributed by atoms with van der Waals surface area (Å²) >= 11 is 3.20. The van der Waals surface area contributed by atoms with Gasteiger partial charge in [0.25, 0.3) is 0 Å². The Bertz CT molecular complexity index is 572. The fourth-order valence-electron chi connectivity index (χ4n) is 1.56. The molecule has 94 valence electrons. The van der Waals surface area contributed by atoms with E-state index >= 15 is 0 Å². The van der Waals surface area contributed by atoms with Gasteiger partial charge in [0.2, 0.25) is 0 Å². The fraction of sp³-hybridized carbons (Fsp3) is 0.143. The summed E-state index contributed by atoms with van der Waals surface area (Å²) in [6.07, 6.45) is 0. The topological polar surface area (TPSA) is 35.2 Å². The van der Waals surface area contributed by atoms with Crippen molar-refractivity contribution in [1.29, 1.82) is 0 Å². The van der Waals surface area contributed by atoms with Crippen molar-refractivity contribution in [2.24, 2.45) is 0 Å². The molecule has 0 unspecified atom stereocenters. The van der Waals surface area contributed by atoms with Crippen LogP contribution in [-0.4, -0.2) is 0 Å². The molecule has 0 aromatic heterocycles. The van der Waals surface area contributed by atoms with E-state index in [0.29, 0.717) is 11.1 Å². The Morgan fingerprint density at radius 1 is 1.28 bits per heavy atom. The van der Waals surface area contributed by atoms with Crippen LogP contribution in [-0.2, 0) is 6.61 Å². The van der Waals surface area contributed by atoms with Crippen LogP contribution in [0.5, 0.6) is 5.75 Å². The lowest BCUT2D eigenvalue weighted by molar-refractivity contribution is 0.304. The van der Waals surface area contributed by atoms with E-state index in [1.54, 1.807) is 18.2 Å². The first-order valence-electron chi connectivity index (χ1n) is 5.50. The molecule has 0 fully saturated rings. The number of hydrogen-bond donors (Lipinski definition) is 1. The largest absolute Gasteiger partial charge is 0.489 e. The van der Waals surface area contributed by atoms with Crippen molar-refractivity contribution in [1.82, 2.24) is 0 Å². The van der Waals surface area contributed by atoms with E-state index < -0.39 is 0 Å². The Labute approximate surface area is 114 Å². The second kappa shape index (κ2) is 5.40. The Morgan fingerprint density at radius 3 is 2.78 bits per heavy atom. The smallest absolute Gasteiger partial charge is 0.137 e. The highest BCUT2D eigenvalue weighted by Gasteiger charge is 2.06. The van der Waals surface area contributed by atoms with E-state index in [0.717, 1.165) is 22.6 Å². The van der Waals surface area contributed by atoms with Crippen LogP contribution < -0.4 is 10.5 Å². The molecule has 2 aromatic carbocycles. The zero-order valence-corrected chi connectivity index (χ0v) is 11.5. The zero-order valence-electron chi connectivity index (χ0n) is 9.91. The molecule has 2 aromatic rings. The minimum absolute atomic E-state index is 0.287. The average molecular weight is 310 g/mol. The molecule has 0 saturated carbocycles. The predicted octanol–water partition coefficient (Wildman–Crippen LogP) is 4.06. The molecule has 0 aliphatic heterocycles. The van der Waals surface area contributed by atoms with E-state index in [9.17, 15) is 4.39 Å². The summed E-state index contributed by atoms with van der Waals surface area (Å²) in [5.74, 6) is 0.433. The first-order valence-corrected chi connectivity index (χ1v) is 6.29. The molecule has 0 spiro atoms. The number of nitrogens with two attached hydrogens (primary N) is 1. The van der Waals surface area contributed by atoms with E-state index in [1.807, 2.05) is 19.1 Å². The van der Waals surface area contributed by atoms with Crippen molar-refractivity contribution < 1.29 is 9.13 Å². The third kappa shape index (κ3) is 2.82. The lowest BCUT2D eigenvalue weighted by atomic mass is 10.2. The van der Waals surface area contributed by atoms with Crippen LogP contribution in [0.15, 0.2) is 40.9 Å². The van der Waals surface area contributed by atoms with Crippen molar-refractivity contribution in [2.45, 2.75) is 13.5 Å². The molecule has 0 atom stereocenters. The van der Waals surface area contributed by atoms with Gasteiger partial charge in [-0.25, -0.2) is 4.39 Å². The van der Waals surface area contributed by atoms with Gasteiger partial charge < -0.3 is 10.5 Å². The monoisotopic (exact) mass is 309 g/mol. The minimum atomic E-state index is -0.287. The molecule has 2 rings (SSSR count). The molecule has 0 bridgehead atoms. The summed E-state index contributed by atoms with van der Waals surface area (Å²) in [5, 5.41) is 0. The highest BCUT2D eigenvalue weighted by molar-refractivity contribution is 9.10. The van der Waals surface area contributed by atoms with Crippen molar-refractivity contribution >= 4 is 21.6 Å². The SMILES string of the molecule is Cc1cc(OCc2cccc(F)c2Br)ccc1N. The molecule has 0 amide bonds. The van der Waals surface area contributed by atoms with E-state index in [2.05, 4.69) is 15.9 Å². The van der Waals surface area contributed by atoms with E-state index in [1.165, 1.54) is 6.07 Å². The molecule has 2 N–H and O–H groups in total. The summed E-state index contributed by atoms with van der Waals surface area (Å²) in [6.45, 7) is 2.22. The standard InChI is InChI=1S/C14H13BrFNO/c1-9-7-11(5-6-13(9)17)18-8-10-3-2-4-12(16)14(10)15/h2-7H,8,17H2,1H3. The normalized spacial score (nSPS) is 10.4. The van der Waals surface area contributed by atoms with Crippen molar-refractivity contribution in [3.63, 3.8) is 0 Å². The first-order chi connectivity index (χ1) is 8.58. The first kappa shape index (κ1) is 12.9. The van der Waals surface area contributed by atoms with Gasteiger partial charge in [0.05, 0.1) is 4.47 Å². The number of ether oxygens (including phenoxy) is 1. The number of hydrogen-bond acceptors (Lipinski definition) is 2. The van der Waals surface area contributed by atoms with Gasteiger partial charge in [0.15, 0.2) is 0 Å². The molecular weight excluding hydrogens is 297 g/mol. The molecule has 18 heavy (non-hydrogen) atoms. The van der Waals surface area contributed by atoms with Crippen LogP contribution in [0.2, 0.25) is 0 Å². The van der Waals surface area contributed by atoms with Gasteiger partial charge >= 0.3 is 0 Å². The van der Waals surface area contributed by atoms with Gasteiger partial charge in [0, 0.05) is 11.3 Å². The van der Waals surface area contributed by atoms with E-state index in [-0.39, 0.29) is 5.82 Å². The van der Waals surface area contributed by atoms with Crippen molar-refractivity contribution in [3.8, 4) is 5.75 Å². The van der Waals surface area contributed by atoms with Gasteiger partial charge in [-0.2, -0.15) is 0 Å². The maximum Gasteiger partial charge on any atom is 0.137 e. The Morgan fingerprint density at radius 2 is 2.06 bits per heavy atom. The quantitative estimate of drug-likeness (QED) is 0.868. The average Bonchev–Trinajstić information content (AvgIpc) is 2.35. The number of anilines is 1. The lowest BCUT2D eigenvalue weighted by Crippen LogP contribution is -1.98. The van der Waals surface area contributed by atoms with Crippen molar-refractivity contribution in [3.05, 3.63) is 57.8 Å². The maximum atomic E-state index is 13.3. The van der Waals surface area contributed by atoms with Crippen LogP contribution >= 0.6 is 15.9 Å². The summed E-state index contributed by atoms with van der Waals surface area (Å²) in [4.78, 5) is 0. The number of aryl methyl sites for hydroxylation is 1. The predicted molar refractivity (Wildman–Crippen MR) is 74.0 cm³/mol. The van der Waals surface area contributed by atoms with Crippen LogP contribution in [0.3, 0.4) is 0 Å². The Kier molecular flexibility index (Phi) is 3.87. The molecule has 0 aliphatic rings. The molecule has 0 aliphatic carbocycles. The number of rotatable bonds is 3. The van der Waals surface area contributed by atoms with Gasteiger partial charge in [0.1, 0.15) is 18.2 Å². The van der Waals surface area contributed by atoms with Crippen LogP contribution in [0.25, 0.3) is 0 Å². The zero-order chi connectivity index (χ0) is 13.1. The maximum absolute atomic E-state index is 13.3. The minimum Gasteiger partial charge on any atom is -0.489 e. The van der Waals surface area contributed by atoms with E-state index in [4.69, 9.17) is 10.5 Å². The summed E-state index contributed by atoms with van der Waals surface area (Å²) in [6, 6.07) is 10.3. The Balaban J connectivity index is 2.11. The lowest BCUT2D eigenvalue weighted by Gasteiger charge is -2.09. The second-order valence-corrected chi connectivity index (χ2v) is 4.81. The molecular formula is C14H13BrFNO. The number of benzene rings is 2. The van der Waals surface area contributed by atoms with Crippen LogP contribution in [0.1, 0.15) is 11.1 Å². The van der Waals surface area contributed by atoms with Gasteiger partial charge in [-0.05, 0) is 52.7 Å². The van der Waals surface area contributed by atoms with Crippen LogP contribution in [0, 0.1) is 12.7 Å². The van der Waals surface area contributed by atoms with Crippen molar-refractivity contribution in [2.75, 3.05) is 5.73 Å². The highest BCUT2D eigenvalue weighted by atomic mass is 79.9. The van der Waals surface area contributed by atoms with Gasteiger partial charge in [-0.15, -0.1) is 0 Å². The van der Waals surface area contributed by atoms with Gasteiger partial charge in [-0.3, -0.25) is 0 Å². The highest BCUT2D eigenvalue weighted by Crippen LogP contribution is 2.23. The molecule has 0 radical (unpaired) electrons. The number of nitrogen functional groups attached to an aromatic ring is 1. The Hall–Kier alpha value is -1.55. The molecule has 0 heterocycles. The fourth-order valence-corrected chi connectivity index (χ4v) is 1.94. The molecule has 4 heteroatoms. The summed E-state index contributed by atoms with van der Waals surface area (Å²) < 4.78 is 19.4. The number of halogens is 2. The molecule has 0 saturated heterocycles.